The molecule has 2 rings (SSSR count). The van der Waals surface area contributed by atoms with Crippen molar-refractivity contribution in [2.75, 3.05) is 26.7 Å². The van der Waals surface area contributed by atoms with E-state index in [4.69, 9.17) is 5.11 Å². The summed E-state index contributed by atoms with van der Waals surface area (Å²) in [6, 6.07) is 3.66. The van der Waals surface area contributed by atoms with Crippen molar-refractivity contribution in [1.82, 2.24) is 14.8 Å². The van der Waals surface area contributed by atoms with Crippen LogP contribution in [0.1, 0.15) is 18.4 Å². The Kier molecular flexibility index (Phi) is 4.87. The van der Waals surface area contributed by atoms with Crippen LogP contribution in [0.2, 0.25) is 0 Å². The van der Waals surface area contributed by atoms with Crippen molar-refractivity contribution in [3.63, 3.8) is 0 Å². The van der Waals surface area contributed by atoms with Gasteiger partial charge in [0, 0.05) is 38.6 Å². The molecule has 1 aromatic heterocycles. The molecular weight excluding hydrogens is 242 g/mol. The van der Waals surface area contributed by atoms with Crippen molar-refractivity contribution >= 4 is 5.91 Å². The molecule has 2 heterocycles. The zero-order valence-electron chi connectivity index (χ0n) is 11.3. The molecule has 1 fully saturated rings. The largest absolute Gasteiger partial charge is 0.396 e. The molecule has 1 amide bonds. The van der Waals surface area contributed by atoms with Gasteiger partial charge < -0.3 is 10.0 Å². The number of hydrogen-bond donors (Lipinski definition) is 1. The predicted octanol–water partition coefficient (Wildman–Crippen LogP) is 0.497. The molecule has 0 bridgehead atoms. The van der Waals surface area contributed by atoms with Crippen LogP contribution in [0.4, 0.5) is 0 Å². The molecular formula is C14H21N3O2. The van der Waals surface area contributed by atoms with Gasteiger partial charge in [-0.1, -0.05) is 6.07 Å². The highest BCUT2D eigenvalue weighted by atomic mass is 16.3. The summed E-state index contributed by atoms with van der Waals surface area (Å²) in [5.41, 5.74) is 1.04. The van der Waals surface area contributed by atoms with Crippen LogP contribution in [0.15, 0.2) is 24.5 Å². The molecule has 0 spiro atoms. The van der Waals surface area contributed by atoms with Gasteiger partial charge >= 0.3 is 0 Å². The first-order chi connectivity index (χ1) is 9.22. The van der Waals surface area contributed by atoms with E-state index in [2.05, 4.69) is 4.98 Å². The Balaban J connectivity index is 2.09. The average Bonchev–Trinajstić information content (AvgIpc) is 2.55. The van der Waals surface area contributed by atoms with Crippen LogP contribution < -0.4 is 0 Å². The molecule has 104 valence electrons. The Morgan fingerprint density at radius 3 is 3.00 bits per heavy atom. The van der Waals surface area contributed by atoms with Gasteiger partial charge in [-0.25, -0.2) is 0 Å². The highest BCUT2D eigenvalue weighted by Crippen LogP contribution is 2.15. The Morgan fingerprint density at radius 2 is 2.32 bits per heavy atom. The SMILES string of the molecule is CN1CCCN(Cc2cccnc2)C(=O)C1CCO. The number of amides is 1. The third kappa shape index (κ3) is 3.52. The van der Waals surface area contributed by atoms with Crippen LogP contribution >= 0.6 is 0 Å². The number of likely N-dealkylation sites (N-methyl/N-ethyl adjacent to an activating group) is 1. The molecule has 0 saturated carbocycles. The van der Waals surface area contributed by atoms with Crippen LogP contribution in [0.25, 0.3) is 0 Å². The van der Waals surface area contributed by atoms with Gasteiger partial charge in [0.15, 0.2) is 0 Å². The lowest BCUT2D eigenvalue weighted by Gasteiger charge is -2.27. The van der Waals surface area contributed by atoms with Crippen LogP contribution in [0, 0.1) is 0 Å². The highest BCUT2D eigenvalue weighted by Gasteiger charge is 2.29. The van der Waals surface area contributed by atoms with Crippen molar-refractivity contribution in [2.45, 2.75) is 25.4 Å². The maximum atomic E-state index is 12.5. The van der Waals surface area contributed by atoms with Gasteiger partial charge in [-0.2, -0.15) is 0 Å². The Labute approximate surface area is 113 Å². The first-order valence-corrected chi connectivity index (χ1v) is 6.71. The van der Waals surface area contributed by atoms with Crippen molar-refractivity contribution in [3.05, 3.63) is 30.1 Å². The standard InChI is InChI=1S/C14H21N3O2/c1-16-7-3-8-17(14(19)13(16)5-9-18)11-12-4-2-6-15-10-12/h2,4,6,10,13,18H,3,5,7-9,11H2,1H3. The van der Waals surface area contributed by atoms with Crippen molar-refractivity contribution in [2.24, 2.45) is 0 Å². The molecule has 1 atom stereocenters. The lowest BCUT2D eigenvalue weighted by atomic mass is 10.1. The lowest BCUT2D eigenvalue weighted by molar-refractivity contribution is -0.136. The van der Waals surface area contributed by atoms with Gasteiger partial charge in [0.1, 0.15) is 0 Å². The fourth-order valence-electron chi connectivity index (χ4n) is 2.51. The van der Waals surface area contributed by atoms with Crippen molar-refractivity contribution in [1.29, 1.82) is 0 Å². The lowest BCUT2D eigenvalue weighted by Crippen LogP contribution is -2.44. The van der Waals surface area contributed by atoms with Crippen LogP contribution in [0.5, 0.6) is 0 Å². The molecule has 1 N–H and O–H groups in total. The zero-order chi connectivity index (χ0) is 13.7. The van der Waals surface area contributed by atoms with E-state index < -0.39 is 0 Å². The van der Waals surface area contributed by atoms with Crippen LogP contribution in [-0.2, 0) is 11.3 Å². The van der Waals surface area contributed by atoms with E-state index >= 15 is 0 Å². The first kappa shape index (κ1) is 14.0. The summed E-state index contributed by atoms with van der Waals surface area (Å²) in [5.74, 6) is 0.109. The zero-order valence-corrected chi connectivity index (χ0v) is 11.3. The van der Waals surface area contributed by atoms with Gasteiger partial charge in [0.25, 0.3) is 0 Å². The molecule has 1 aliphatic rings. The molecule has 1 unspecified atom stereocenters. The Bertz CT molecular complexity index is 410. The van der Waals surface area contributed by atoms with E-state index in [-0.39, 0.29) is 18.6 Å². The molecule has 1 aliphatic heterocycles. The molecule has 5 heteroatoms. The highest BCUT2D eigenvalue weighted by molar-refractivity contribution is 5.82. The van der Waals surface area contributed by atoms with E-state index in [1.165, 1.54) is 0 Å². The molecule has 0 aliphatic carbocycles. The molecule has 1 aromatic rings. The molecule has 5 nitrogen and oxygen atoms in total. The number of rotatable bonds is 4. The number of pyridine rings is 1. The fourth-order valence-corrected chi connectivity index (χ4v) is 2.51. The van der Waals surface area contributed by atoms with E-state index in [1.54, 1.807) is 12.4 Å². The average molecular weight is 263 g/mol. The third-order valence-corrected chi connectivity index (χ3v) is 3.57. The number of hydrogen-bond acceptors (Lipinski definition) is 4. The summed E-state index contributed by atoms with van der Waals surface area (Å²) in [7, 11) is 1.95. The van der Waals surface area contributed by atoms with Crippen molar-refractivity contribution < 1.29 is 9.90 Å². The summed E-state index contributed by atoms with van der Waals surface area (Å²) in [6.07, 6.45) is 4.99. The van der Waals surface area contributed by atoms with E-state index in [9.17, 15) is 4.79 Å². The summed E-state index contributed by atoms with van der Waals surface area (Å²) in [4.78, 5) is 20.5. The summed E-state index contributed by atoms with van der Waals surface area (Å²) in [5, 5.41) is 9.11. The van der Waals surface area contributed by atoms with Crippen LogP contribution in [0.3, 0.4) is 0 Å². The Hall–Kier alpha value is -1.46. The normalized spacial score (nSPS) is 21.5. The monoisotopic (exact) mass is 263 g/mol. The van der Waals surface area contributed by atoms with E-state index in [0.29, 0.717) is 13.0 Å². The number of aliphatic hydroxyl groups is 1. The van der Waals surface area contributed by atoms with E-state index in [0.717, 1.165) is 25.1 Å². The third-order valence-electron chi connectivity index (χ3n) is 3.57. The van der Waals surface area contributed by atoms with Gasteiger partial charge in [-0.15, -0.1) is 0 Å². The molecule has 0 aromatic carbocycles. The maximum absolute atomic E-state index is 12.5. The Morgan fingerprint density at radius 1 is 1.47 bits per heavy atom. The second-order valence-electron chi connectivity index (χ2n) is 4.98. The fraction of sp³-hybridized carbons (Fsp3) is 0.571. The topological polar surface area (TPSA) is 56.7 Å². The minimum atomic E-state index is -0.204. The van der Waals surface area contributed by atoms with Gasteiger partial charge in [0.05, 0.1) is 6.04 Å². The number of carbonyl (C=O) groups is 1. The van der Waals surface area contributed by atoms with E-state index in [1.807, 2.05) is 29.0 Å². The number of aromatic nitrogens is 1. The molecule has 19 heavy (non-hydrogen) atoms. The second-order valence-corrected chi connectivity index (χ2v) is 4.98. The van der Waals surface area contributed by atoms with Gasteiger partial charge in [0.2, 0.25) is 5.91 Å². The number of carbonyl (C=O) groups excluding carboxylic acids is 1. The van der Waals surface area contributed by atoms with Gasteiger partial charge in [-0.3, -0.25) is 14.7 Å². The second kappa shape index (κ2) is 6.63. The first-order valence-electron chi connectivity index (χ1n) is 6.71. The minimum Gasteiger partial charge on any atom is -0.396 e. The summed E-state index contributed by atoms with van der Waals surface area (Å²) < 4.78 is 0. The number of nitrogens with zero attached hydrogens (tertiary/aromatic N) is 3. The predicted molar refractivity (Wildman–Crippen MR) is 72.4 cm³/mol. The minimum absolute atomic E-state index is 0.0431. The van der Waals surface area contributed by atoms with Crippen LogP contribution in [-0.4, -0.2) is 58.6 Å². The summed E-state index contributed by atoms with van der Waals surface area (Å²) in [6.45, 7) is 2.30. The maximum Gasteiger partial charge on any atom is 0.240 e. The molecule has 0 radical (unpaired) electrons. The quantitative estimate of drug-likeness (QED) is 0.859. The number of aliphatic hydroxyl groups excluding tert-OH is 1. The summed E-state index contributed by atoms with van der Waals surface area (Å²) >= 11 is 0. The van der Waals surface area contributed by atoms with Crippen molar-refractivity contribution in [3.8, 4) is 0 Å². The van der Waals surface area contributed by atoms with Gasteiger partial charge in [-0.05, 0) is 31.5 Å². The smallest absolute Gasteiger partial charge is 0.240 e. The molecule has 1 saturated heterocycles.